The van der Waals surface area contributed by atoms with Crippen molar-refractivity contribution >= 4 is 28.0 Å². The van der Waals surface area contributed by atoms with Crippen LogP contribution in [0.15, 0.2) is 85.2 Å². The molecule has 2 N–H and O–H groups in total. The molecule has 0 saturated carbocycles. The van der Waals surface area contributed by atoms with E-state index in [0.717, 1.165) is 52.6 Å². The number of nitrogens with zero attached hydrogens (tertiary/aromatic N) is 3. The van der Waals surface area contributed by atoms with Gasteiger partial charge in [0.2, 0.25) is 0 Å². The summed E-state index contributed by atoms with van der Waals surface area (Å²) in [4.78, 5) is 15.4. The fourth-order valence-electron chi connectivity index (χ4n) is 5.10. The third kappa shape index (κ3) is 4.57. The number of aromatic nitrogens is 3. The Hall–Kier alpha value is -4.12. The molecule has 0 atom stereocenters. The molecule has 180 valence electrons. The lowest BCUT2D eigenvalue weighted by molar-refractivity contribution is 0.726. The van der Waals surface area contributed by atoms with Crippen molar-refractivity contribution in [3.63, 3.8) is 0 Å². The first kappa shape index (κ1) is 22.4. The van der Waals surface area contributed by atoms with E-state index >= 15 is 0 Å². The number of nitrogens with one attached hydrogen (secondary N) is 2. The van der Waals surface area contributed by atoms with Crippen LogP contribution in [0.3, 0.4) is 0 Å². The van der Waals surface area contributed by atoms with Gasteiger partial charge in [-0.15, -0.1) is 0 Å². The Bertz CT molecular complexity index is 1480. The Morgan fingerprint density at radius 2 is 1.67 bits per heavy atom. The van der Waals surface area contributed by atoms with Crippen molar-refractivity contribution in [2.45, 2.75) is 32.6 Å². The Kier molecular flexibility index (Phi) is 6.12. The zero-order valence-electron chi connectivity index (χ0n) is 20.7. The first-order valence-corrected chi connectivity index (χ1v) is 12.9. The molecule has 0 amide bonds. The molecule has 6 rings (SSSR count). The Labute approximate surface area is 212 Å². The fourth-order valence-corrected chi connectivity index (χ4v) is 5.10. The summed E-state index contributed by atoms with van der Waals surface area (Å²) < 4.78 is 0. The Morgan fingerprint density at radius 3 is 2.50 bits per heavy atom. The number of anilines is 3. The van der Waals surface area contributed by atoms with Crippen LogP contribution in [0.2, 0.25) is 0 Å². The van der Waals surface area contributed by atoms with Crippen molar-refractivity contribution in [1.82, 2.24) is 15.0 Å². The molecule has 2 aromatic heterocycles. The van der Waals surface area contributed by atoms with Crippen molar-refractivity contribution in [3.8, 4) is 22.6 Å². The van der Waals surface area contributed by atoms with Gasteiger partial charge in [-0.3, -0.25) is 0 Å². The van der Waals surface area contributed by atoms with E-state index in [2.05, 4.69) is 86.7 Å². The van der Waals surface area contributed by atoms with Crippen molar-refractivity contribution in [2.24, 2.45) is 0 Å². The number of hydrogen-bond acceptors (Lipinski definition) is 4. The maximum absolute atomic E-state index is 4.68. The lowest BCUT2D eigenvalue weighted by atomic mass is 10.1. The second-order valence-corrected chi connectivity index (χ2v) is 9.63. The van der Waals surface area contributed by atoms with Gasteiger partial charge in [0.1, 0.15) is 11.6 Å². The highest BCUT2D eigenvalue weighted by molar-refractivity contribution is 5.95. The molecule has 1 saturated heterocycles. The van der Waals surface area contributed by atoms with E-state index in [1.807, 2.05) is 30.6 Å². The standard InChI is InChI=1S/C31H31N5/c1-22-11-12-25(20-28(22)31-33-21-29(35-31)23-9-5-4-6-10-23)34-30-27-14-13-26(19-24(27)15-16-32-30)36-17-7-2-3-8-18-36/h4-6,9-16,19-21H,2-3,7-8,17-18H2,1H3,(H,32,34)(H,33,35). The van der Waals surface area contributed by atoms with Gasteiger partial charge in [-0.05, 0) is 72.7 Å². The van der Waals surface area contributed by atoms with Gasteiger partial charge in [-0.1, -0.05) is 49.2 Å². The summed E-state index contributed by atoms with van der Waals surface area (Å²) in [7, 11) is 0. The number of pyridine rings is 1. The number of H-pyrrole nitrogens is 1. The van der Waals surface area contributed by atoms with Gasteiger partial charge in [0.05, 0.1) is 11.9 Å². The van der Waals surface area contributed by atoms with Crippen molar-refractivity contribution < 1.29 is 0 Å². The minimum absolute atomic E-state index is 0.864. The largest absolute Gasteiger partial charge is 0.372 e. The highest BCUT2D eigenvalue weighted by atomic mass is 15.1. The van der Waals surface area contributed by atoms with Crippen LogP contribution in [0.25, 0.3) is 33.4 Å². The van der Waals surface area contributed by atoms with Gasteiger partial charge in [0.25, 0.3) is 0 Å². The monoisotopic (exact) mass is 473 g/mol. The fraction of sp³-hybridized carbons (Fsp3) is 0.226. The molecule has 0 bridgehead atoms. The smallest absolute Gasteiger partial charge is 0.138 e. The number of benzene rings is 3. The molecule has 1 fully saturated rings. The van der Waals surface area contributed by atoms with E-state index in [1.165, 1.54) is 42.3 Å². The average molecular weight is 474 g/mol. The van der Waals surface area contributed by atoms with Crippen molar-refractivity contribution in [1.29, 1.82) is 0 Å². The summed E-state index contributed by atoms with van der Waals surface area (Å²) >= 11 is 0. The van der Waals surface area contributed by atoms with E-state index in [1.54, 1.807) is 0 Å². The molecule has 0 radical (unpaired) electrons. The van der Waals surface area contributed by atoms with Crippen LogP contribution in [-0.2, 0) is 0 Å². The van der Waals surface area contributed by atoms with Crippen LogP contribution >= 0.6 is 0 Å². The minimum atomic E-state index is 0.864. The number of rotatable bonds is 5. The molecular weight excluding hydrogens is 442 g/mol. The molecule has 0 spiro atoms. The summed E-state index contributed by atoms with van der Waals surface area (Å²) in [5.41, 5.74) is 6.69. The molecule has 5 aromatic rings. The predicted molar refractivity (Wildman–Crippen MR) is 150 cm³/mol. The first-order valence-electron chi connectivity index (χ1n) is 12.9. The molecule has 0 aliphatic carbocycles. The third-order valence-electron chi connectivity index (χ3n) is 7.14. The molecular formula is C31H31N5. The second-order valence-electron chi connectivity index (χ2n) is 9.63. The topological polar surface area (TPSA) is 56.8 Å². The van der Waals surface area contributed by atoms with Gasteiger partial charge in [0, 0.05) is 41.6 Å². The second kappa shape index (κ2) is 9.86. The maximum Gasteiger partial charge on any atom is 0.138 e. The summed E-state index contributed by atoms with van der Waals surface area (Å²) in [6.07, 6.45) is 9.03. The Morgan fingerprint density at radius 1 is 0.833 bits per heavy atom. The molecule has 5 heteroatoms. The van der Waals surface area contributed by atoms with Gasteiger partial charge in [-0.25, -0.2) is 9.97 Å². The predicted octanol–water partition coefficient (Wildman–Crippen LogP) is 7.72. The quantitative estimate of drug-likeness (QED) is 0.274. The van der Waals surface area contributed by atoms with Gasteiger partial charge < -0.3 is 15.2 Å². The molecule has 1 aliphatic rings. The average Bonchev–Trinajstić information content (AvgIpc) is 3.25. The van der Waals surface area contributed by atoms with Gasteiger partial charge >= 0.3 is 0 Å². The van der Waals surface area contributed by atoms with Gasteiger partial charge in [-0.2, -0.15) is 0 Å². The van der Waals surface area contributed by atoms with E-state index < -0.39 is 0 Å². The highest BCUT2D eigenvalue weighted by Gasteiger charge is 2.13. The molecule has 0 unspecified atom stereocenters. The van der Waals surface area contributed by atoms with Crippen LogP contribution in [-0.4, -0.2) is 28.0 Å². The zero-order chi connectivity index (χ0) is 24.3. The van der Waals surface area contributed by atoms with E-state index in [4.69, 9.17) is 0 Å². The summed E-state index contributed by atoms with van der Waals surface area (Å²) in [6.45, 7) is 4.41. The molecule has 3 heterocycles. The van der Waals surface area contributed by atoms with Crippen molar-refractivity contribution in [3.05, 3.63) is 90.8 Å². The molecule has 3 aromatic carbocycles. The SMILES string of the molecule is Cc1ccc(Nc2nccc3cc(N4CCCCCC4)ccc23)cc1-c1ncc(-c2ccccc2)[nH]1. The van der Waals surface area contributed by atoms with E-state index in [9.17, 15) is 0 Å². The van der Waals surface area contributed by atoms with E-state index in [0.29, 0.717) is 0 Å². The summed E-state index contributed by atoms with van der Waals surface area (Å²) in [5, 5.41) is 5.90. The maximum atomic E-state index is 4.68. The zero-order valence-corrected chi connectivity index (χ0v) is 20.7. The number of fused-ring (bicyclic) bond motifs is 1. The lowest BCUT2D eigenvalue weighted by Gasteiger charge is -2.23. The first-order chi connectivity index (χ1) is 17.7. The Balaban J connectivity index is 1.28. The van der Waals surface area contributed by atoms with Crippen LogP contribution < -0.4 is 10.2 Å². The molecule has 5 nitrogen and oxygen atoms in total. The normalized spacial score (nSPS) is 14.1. The van der Waals surface area contributed by atoms with Crippen LogP contribution in [0.5, 0.6) is 0 Å². The van der Waals surface area contributed by atoms with Crippen LogP contribution in [0.4, 0.5) is 17.2 Å². The number of hydrogen-bond donors (Lipinski definition) is 2. The van der Waals surface area contributed by atoms with E-state index in [-0.39, 0.29) is 0 Å². The highest BCUT2D eigenvalue weighted by Crippen LogP contribution is 2.32. The summed E-state index contributed by atoms with van der Waals surface area (Å²) in [6, 6.07) is 25.5. The number of imidazole rings is 1. The third-order valence-corrected chi connectivity index (χ3v) is 7.14. The summed E-state index contributed by atoms with van der Waals surface area (Å²) in [5.74, 6) is 1.73. The van der Waals surface area contributed by atoms with Crippen LogP contribution in [0.1, 0.15) is 31.2 Å². The van der Waals surface area contributed by atoms with Crippen LogP contribution in [0, 0.1) is 6.92 Å². The lowest BCUT2D eigenvalue weighted by Crippen LogP contribution is -2.23. The van der Waals surface area contributed by atoms with Crippen molar-refractivity contribution in [2.75, 3.05) is 23.3 Å². The number of aromatic amines is 1. The van der Waals surface area contributed by atoms with Gasteiger partial charge in [0.15, 0.2) is 0 Å². The molecule has 36 heavy (non-hydrogen) atoms. The number of aryl methyl sites for hydroxylation is 1. The molecule has 1 aliphatic heterocycles. The minimum Gasteiger partial charge on any atom is -0.372 e.